The third-order valence-electron chi connectivity index (χ3n) is 5.91. The summed E-state index contributed by atoms with van der Waals surface area (Å²) in [6.45, 7) is 4.52. The van der Waals surface area contributed by atoms with Crippen LogP contribution in [0.4, 0.5) is 10.5 Å². The maximum atomic E-state index is 13.2. The van der Waals surface area contributed by atoms with Crippen molar-refractivity contribution < 1.29 is 9.59 Å². The molecule has 1 aliphatic rings. The molecule has 4 rings (SSSR count). The molecule has 162 valence electrons. The van der Waals surface area contributed by atoms with E-state index in [9.17, 15) is 9.59 Å². The van der Waals surface area contributed by atoms with Crippen LogP contribution in [-0.4, -0.2) is 44.9 Å². The highest BCUT2D eigenvalue weighted by molar-refractivity contribution is 6.02. The van der Waals surface area contributed by atoms with Gasteiger partial charge in [0.05, 0.1) is 12.2 Å². The molecule has 1 fully saturated rings. The Morgan fingerprint density at radius 3 is 2.48 bits per heavy atom. The van der Waals surface area contributed by atoms with E-state index in [0.29, 0.717) is 6.54 Å². The summed E-state index contributed by atoms with van der Waals surface area (Å²) in [7, 11) is 1.99. The minimum absolute atomic E-state index is 0.00882. The summed E-state index contributed by atoms with van der Waals surface area (Å²) < 4.78 is 2.04. The smallest absolute Gasteiger partial charge is 0.322 e. The molecule has 0 radical (unpaired) electrons. The first-order chi connectivity index (χ1) is 14.9. The van der Waals surface area contributed by atoms with Crippen molar-refractivity contribution in [3.63, 3.8) is 0 Å². The summed E-state index contributed by atoms with van der Waals surface area (Å²) in [5, 5.41) is 5.07. The van der Waals surface area contributed by atoms with Gasteiger partial charge in [-0.3, -0.25) is 4.79 Å². The number of carbonyl (C=O) groups is 2. The summed E-state index contributed by atoms with van der Waals surface area (Å²) in [6.07, 6.45) is 4.04. The zero-order valence-corrected chi connectivity index (χ0v) is 18.4. The molecule has 1 saturated carbocycles. The predicted molar refractivity (Wildman–Crippen MR) is 124 cm³/mol. The average Bonchev–Trinajstić information content (AvgIpc) is 3.51. The van der Waals surface area contributed by atoms with Gasteiger partial charge < -0.3 is 19.7 Å². The number of aryl methyl sites for hydroxylation is 1. The lowest BCUT2D eigenvalue weighted by Gasteiger charge is -2.30. The second-order valence-corrected chi connectivity index (χ2v) is 8.54. The van der Waals surface area contributed by atoms with Gasteiger partial charge in [-0.25, -0.2) is 4.79 Å². The number of urea groups is 1. The molecule has 31 heavy (non-hydrogen) atoms. The minimum atomic E-state index is -0.255. The van der Waals surface area contributed by atoms with E-state index in [1.54, 1.807) is 4.90 Å². The van der Waals surface area contributed by atoms with E-state index in [4.69, 9.17) is 0 Å². The number of carbonyl (C=O) groups excluding carboxylic acids is 2. The lowest BCUT2D eigenvalue weighted by atomic mass is 10.1. The van der Waals surface area contributed by atoms with Gasteiger partial charge in [-0.1, -0.05) is 36.4 Å². The monoisotopic (exact) mass is 418 g/mol. The van der Waals surface area contributed by atoms with Crippen molar-refractivity contribution in [2.75, 3.05) is 11.9 Å². The van der Waals surface area contributed by atoms with E-state index < -0.39 is 0 Å². The van der Waals surface area contributed by atoms with Crippen LogP contribution >= 0.6 is 0 Å². The van der Waals surface area contributed by atoms with Crippen molar-refractivity contribution in [1.29, 1.82) is 0 Å². The maximum absolute atomic E-state index is 13.2. The zero-order valence-electron chi connectivity index (χ0n) is 18.4. The number of rotatable bonds is 7. The van der Waals surface area contributed by atoms with Gasteiger partial charge in [0.2, 0.25) is 5.91 Å². The Bertz CT molecular complexity index is 1080. The fourth-order valence-corrected chi connectivity index (χ4v) is 3.89. The first kappa shape index (κ1) is 21.0. The first-order valence-corrected chi connectivity index (χ1v) is 10.9. The number of nitrogens with one attached hydrogen (secondary N) is 1. The molecular formula is C25H30N4O2. The topological polar surface area (TPSA) is 57.6 Å². The summed E-state index contributed by atoms with van der Waals surface area (Å²) in [6, 6.07) is 17.7. The van der Waals surface area contributed by atoms with Crippen molar-refractivity contribution in [3.8, 4) is 0 Å². The Labute approximate surface area is 183 Å². The molecule has 6 heteroatoms. The van der Waals surface area contributed by atoms with Gasteiger partial charge in [0.1, 0.15) is 6.54 Å². The summed E-state index contributed by atoms with van der Waals surface area (Å²) in [5.41, 5.74) is 1.85. The highest BCUT2D eigenvalue weighted by atomic mass is 16.2. The van der Waals surface area contributed by atoms with Gasteiger partial charge >= 0.3 is 6.03 Å². The Morgan fingerprint density at radius 2 is 1.81 bits per heavy atom. The first-order valence-electron chi connectivity index (χ1n) is 10.9. The van der Waals surface area contributed by atoms with Gasteiger partial charge in [0, 0.05) is 36.4 Å². The Balaban J connectivity index is 1.49. The molecule has 2 aromatic carbocycles. The van der Waals surface area contributed by atoms with Crippen molar-refractivity contribution in [1.82, 2.24) is 14.4 Å². The Morgan fingerprint density at radius 1 is 1.06 bits per heavy atom. The molecule has 3 amide bonds. The minimum Gasteiger partial charge on any atom is -0.353 e. The van der Waals surface area contributed by atoms with Gasteiger partial charge in [0.15, 0.2) is 0 Å². The number of nitrogens with zero attached hydrogens (tertiary/aromatic N) is 3. The van der Waals surface area contributed by atoms with Crippen LogP contribution in [0.5, 0.6) is 0 Å². The van der Waals surface area contributed by atoms with Crippen LogP contribution in [0.3, 0.4) is 0 Å². The Hall–Kier alpha value is -3.28. The van der Waals surface area contributed by atoms with Gasteiger partial charge in [-0.05, 0) is 50.3 Å². The largest absolute Gasteiger partial charge is 0.353 e. The number of fused-ring (bicyclic) bond motifs is 1. The fourth-order valence-electron chi connectivity index (χ4n) is 3.89. The summed E-state index contributed by atoms with van der Waals surface area (Å²) in [5.74, 6) is -0.00882. The third-order valence-corrected chi connectivity index (χ3v) is 5.91. The standard InChI is InChI=1S/C25H30N4O2/c1-18(2)28(25(31)26-23-12-6-9-19-8-4-5-11-22(19)23)17-24(30)29(20-13-14-20)16-21-10-7-15-27(21)3/h4-12,15,18,20H,13-14,16-17H2,1-3H3,(H,26,31). The van der Waals surface area contributed by atoms with E-state index in [1.807, 2.05) is 91.2 Å². The number of hydrogen-bond donors (Lipinski definition) is 1. The van der Waals surface area contributed by atoms with Gasteiger partial charge in [-0.2, -0.15) is 0 Å². The molecule has 0 unspecified atom stereocenters. The van der Waals surface area contributed by atoms with Crippen molar-refractivity contribution in [2.24, 2.45) is 7.05 Å². The average molecular weight is 419 g/mol. The van der Waals surface area contributed by atoms with Crippen LogP contribution in [0, 0.1) is 0 Å². The van der Waals surface area contributed by atoms with E-state index in [0.717, 1.165) is 35.0 Å². The van der Waals surface area contributed by atoms with Crippen LogP contribution in [0.2, 0.25) is 0 Å². The lowest BCUT2D eigenvalue weighted by Crippen LogP contribution is -2.48. The second kappa shape index (κ2) is 8.84. The van der Waals surface area contributed by atoms with Crippen molar-refractivity contribution in [2.45, 2.75) is 45.3 Å². The number of aromatic nitrogens is 1. The fraction of sp³-hybridized carbons (Fsp3) is 0.360. The molecule has 0 atom stereocenters. The van der Waals surface area contributed by atoms with Crippen LogP contribution < -0.4 is 5.32 Å². The third kappa shape index (κ3) is 4.74. The number of anilines is 1. The maximum Gasteiger partial charge on any atom is 0.322 e. The Kier molecular flexibility index (Phi) is 5.98. The molecule has 1 aromatic heterocycles. The summed E-state index contributed by atoms with van der Waals surface area (Å²) in [4.78, 5) is 29.9. The van der Waals surface area contributed by atoms with Gasteiger partial charge in [-0.15, -0.1) is 0 Å². The zero-order chi connectivity index (χ0) is 22.0. The molecule has 3 aromatic rings. The van der Waals surface area contributed by atoms with E-state index in [-0.39, 0.29) is 30.6 Å². The van der Waals surface area contributed by atoms with Crippen LogP contribution in [0.15, 0.2) is 60.8 Å². The number of benzene rings is 2. The molecular weight excluding hydrogens is 388 g/mol. The molecule has 0 saturated heterocycles. The van der Waals surface area contributed by atoms with Crippen molar-refractivity contribution in [3.05, 3.63) is 66.5 Å². The van der Waals surface area contributed by atoms with Crippen molar-refractivity contribution >= 4 is 28.4 Å². The second-order valence-electron chi connectivity index (χ2n) is 8.54. The molecule has 0 bridgehead atoms. The van der Waals surface area contributed by atoms with Crippen LogP contribution in [0.1, 0.15) is 32.4 Å². The van der Waals surface area contributed by atoms with Crippen LogP contribution in [0.25, 0.3) is 10.8 Å². The summed E-state index contributed by atoms with van der Waals surface area (Å²) >= 11 is 0. The normalized spacial score (nSPS) is 13.4. The van der Waals surface area contributed by atoms with E-state index >= 15 is 0 Å². The SMILES string of the molecule is CC(C)N(CC(=O)N(Cc1cccn1C)C1CC1)C(=O)Nc1cccc2ccccc12. The molecule has 0 spiro atoms. The lowest BCUT2D eigenvalue weighted by molar-refractivity contribution is -0.133. The number of hydrogen-bond acceptors (Lipinski definition) is 2. The molecule has 0 aliphatic heterocycles. The molecule has 1 heterocycles. The highest BCUT2D eigenvalue weighted by Crippen LogP contribution is 2.29. The predicted octanol–water partition coefficient (Wildman–Crippen LogP) is 4.61. The molecule has 6 nitrogen and oxygen atoms in total. The quantitative estimate of drug-likeness (QED) is 0.609. The molecule has 1 aliphatic carbocycles. The van der Waals surface area contributed by atoms with E-state index in [2.05, 4.69) is 5.32 Å². The van der Waals surface area contributed by atoms with Gasteiger partial charge in [0.25, 0.3) is 0 Å². The number of amides is 3. The van der Waals surface area contributed by atoms with E-state index in [1.165, 1.54) is 0 Å². The van der Waals surface area contributed by atoms with Crippen LogP contribution in [-0.2, 0) is 18.4 Å². The highest BCUT2D eigenvalue weighted by Gasteiger charge is 2.34. The molecule has 1 N–H and O–H groups in total.